The molecule has 7 rings (SSSR count). The summed E-state index contributed by atoms with van der Waals surface area (Å²) < 4.78 is 2.07. The monoisotopic (exact) mass is 521 g/mol. The molecule has 6 heteroatoms. The van der Waals surface area contributed by atoms with Gasteiger partial charge in [0.05, 0.1) is 11.3 Å². The first-order valence-corrected chi connectivity index (χ1v) is 14.0. The first kappa shape index (κ1) is 24.1. The van der Waals surface area contributed by atoms with Crippen LogP contribution in [0, 0.1) is 30.6 Å². The highest BCUT2D eigenvalue weighted by molar-refractivity contribution is 6.30. The highest BCUT2D eigenvalue weighted by atomic mass is 35.5. The third-order valence-corrected chi connectivity index (χ3v) is 9.25. The largest absolute Gasteiger partial charge is 0.351 e. The molecule has 4 aliphatic rings. The molecule has 4 bridgehead atoms. The Bertz CT molecular complexity index is 1220. The van der Waals surface area contributed by atoms with Gasteiger partial charge in [-0.25, -0.2) is 0 Å². The summed E-state index contributed by atoms with van der Waals surface area (Å²) in [6.45, 7) is 3.46. The van der Waals surface area contributed by atoms with Crippen molar-refractivity contribution >= 4 is 29.1 Å². The molecule has 4 fully saturated rings. The van der Waals surface area contributed by atoms with Gasteiger partial charge in [-0.15, -0.1) is 0 Å². The standard InChI is InChI=1S/C30H33Cl2N3O/c1-18-27(30(36)34-11-10-33-28-22-13-19-12-20(15-22)16-23(28)14-19)17-35(26-8-6-25(32)7-9-26)29(18)21-2-4-24(31)5-3-21/h2-9,17,19-20,22-23,28,33H,10-16H2,1H3,(H,34,36). The highest BCUT2D eigenvalue weighted by Gasteiger charge is 2.47. The van der Waals surface area contributed by atoms with E-state index in [9.17, 15) is 4.79 Å². The molecular weight excluding hydrogens is 489 g/mol. The van der Waals surface area contributed by atoms with E-state index >= 15 is 0 Å². The minimum absolute atomic E-state index is 0.0395. The molecule has 4 saturated carbocycles. The number of benzene rings is 2. The van der Waals surface area contributed by atoms with Gasteiger partial charge in [-0.05, 0) is 110 Å². The first-order chi connectivity index (χ1) is 17.5. The molecule has 4 aliphatic carbocycles. The Morgan fingerprint density at radius 1 is 0.861 bits per heavy atom. The molecule has 0 aliphatic heterocycles. The molecule has 0 atom stereocenters. The van der Waals surface area contributed by atoms with Gasteiger partial charge in [0, 0.05) is 41.1 Å². The molecule has 1 amide bonds. The Balaban J connectivity index is 1.17. The van der Waals surface area contributed by atoms with Crippen molar-refractivity contribution in [2.75, 3.05) is 13.1 Å². The van der Waals surface area contributed by atoms with Crippen molar-refractivity contribution in [3.8, 4) is 16.9 Å². The lowest BCUT2D eigenvalue weighted by atomic mass is 9.54. The number of nitrogens with one attached hydrogen (secondary N) is 2. The van der Waals surface area contributed by atoms with E-state index in [1.54, 1.807) is 0 Å². The van der Waals surface area contributed by atoms with Gasteiger partial charge in [0.25, 0.3) is 5.91 Å². The number of halogens is 2. The van der Waals surface area contributed by atoms with E-state index in [-0.39, 0.29) is 5.91 Å². The maximum atomic E-state index is 13.3. The van der Waals surface area contributed by atoms with Gasteiger partial charge in [0.1, 0.15) is 0 Å². The van der Waals surface area contributed by atoms with Crippen molar-refractivity contribution < 1.29 is 4.79 Å². The van der Waals surface area contributed by atoms with E-state index in [4.69, 9.17) is 23.2 Å². The minimum atomic E-state index is -0.0395. The van der Waals surface area contributed by atoms with E-state index in [2.05, 4.69) is 15.2 Å². The molecule has 1 heterocycles. The summed E-state index contributed by atoms with van der Waals surface area (Å²) in [4.78, 5) is 13.3. The van der Waals surface area contributed by atoms with E-state index in [1.807, 2.05) is 61.7 Å². The predicted octanol–water partition coefficient (Wildman–Crippen LogP) is 6.90. The number of amides is 1. The molecule has 0 saturated heterocycles. The molecule has 2 aromatic carbocycles. The minimum Gasteiger partial charge on any atom is -0.351 e. The normalized spacial score (nSPS) is 26.4. The Hall–Kier alpha value is -2.27. The number of nitrogens with zero attached hydrogens (tertiary/aromatic N) is 1. The molecule has 2 N–H and O–H groups in total. The first-order valence-electron chi connectivity index (χ1n) is 13.2. The topological polar surface area (TPSA) is 46.1 Å². The summed E-state index contributed by atoms with van der Waals surface area (Å²) in [6.07, 6.45) is 9.03. The van der Waals surface area contributed by atoms with Crippen LogP contribution in [-0.4, -0.2) is 29.6 Å². The fraction of sp³-hybridized carbons (Fsp3) is 0.433. The Labute approximate surface area is 223 Å². The van der Waals surface area contributed by atoms with Crippen LogP contribution in [0.15, 0.2) is 54.7 Å². The number of hydrogen-bond acceptors (Lipinski definition) is 2. The maximum Gasteiger partial charge on any atom is 0.253 e. The van der Waals surface area contributed by atoms with Crippen molar-refractivity contribution in [3.05, 3.63) is 75.9 Å². The van der Waals surface area contributed by atoms with Crippen LogP contribution in [-0.2, 0) is 0 Å². The molecule has 1 aromatic heterocycles. The number of rotatable bonds is 7. The molecule has 3 aromatic rings. The quantitative estimate of drug-likeness (QED) is 0.332. The fourth-order valence-electron chi connectivity index (χ4n) is 7.36. The number of carbonyl (C=O) groups excluding carboxylic acids is 1. The summed E-state index contributed by atoms with van der Waals surface area (Å²) in [5.74, 6) is 3.60. The van der Waals surface area contributed by atoms with Gasteiger partial charge in [0.15, 0.2) is 0 Å². The van der Waals surface area contributed by atoms with Crippen LogP contribution < -0.4 is 10.6 Å². The summed E-state index contributed by atoms with van der Waals surface area (Å²) >= 11 is 12.3. The molecule has 0 spiro atoms. The number of hydrogen-bond donors (Lipinski definition) is 2. The second-order valence-corrected chi connectivity index (χ2v) is 11.9. The van der Waals surface area contributed by atoms with E-state index < -0.39 is 0 Å². The van der Waals surface area contributed by atoms with Gasteiger partial charge in [0.2, 0.25) is 0 Å². The van der Waals surface area contributed by atoms with Crippen LogP contribution in [0.2, 0.25) is 10.0 Å². The second kappa shape index (κ2) is 9.89. The number of carbonyl (C=O) groups is 1. The molecule has 188 valence electrons. The van der Waals surface area contributed by atoms with Crippen LogP contribution in [0.1, 0.15) is 48.0 Å². The van der Waals surface area contributed by atoms with Crippen molar-refractivity contribution in [2.24, 2.45) is 23.7 Å². The summed E-state index contributed by atoms with van der Waals surface area (Å²) in [5, 5.41) is 8.35. The van der Waals surface area contributed by atoms with Crippen LogP contribution >= 0.6 is 23.2 Å². The highest BCUT2D eigenvalue weighted by Crippen LogP contribution is 2.53. The summed E-state index contributed by atoms with van der Waals surface area (Å²) in [6, 6.07) is 16.1. The zero-order valence-electron chi connectivity index (χ0n) is 20.6. The third-order valence-electron chi connectivity index (χ3n) is 8.74. The Morgan fingerprint density at radius 2 is 1.44 bits per heavy atom. The molecule has 4 nitrogen and oxygen atoms in total. The third kappa shape index (κ3) is 4.60. The lowest BCUT2D eigenvalue weighted by molar-refractivity contribution is -0.0133. The van der Waals surface area contributed by atoms with Crippen LogP contribution in [0.3, 0.4) is 0 Å². The zero-order chi connectivity index (χ0) is 24.8. The maximum absolute atomic E-state index is 13.3. The lowest BCUT2D eigenvalue weighted by Crippen LogP contribution is -2.55. The molecular formula is C30H33Cl2N3O. The van der Waals surface area contributed by atoms with Crippen LogP contribution in [0.5, 0.6) is 0 Å². The van der Waals surface area contributed by atoms with Crippen LogP contribution in [0.25, 0.3) is 16.9 Å². The molecule has 0 unspecified atom stereocenters. The van der Waals surface area contributed by atoms with E-state index in [0.717, 1.165) is 52.7 Å². The Morgan fingerprint density at radius 3 is 2.06 bits per heavy atom. The molecule has 0 radical (unpaired) electrons. The smallest absolute Gasteiger partial charge is 0.253 e. The van der Waals surface area contributed by atoms with Gasteiger partial charge in [-0.1, -0.05) is 35.3 Å². The van der Waals surface area contributed by atoms with Crippen molar-refractivity contribution in [2.45, 2.75) is 45.1 Å². The van der Waals surface area contributed by atoms with Gasteiger partial charge in [-0.2, -0.15) is 0 Å². The average Bonchev–Trinajstić information content (AvgIpc) is 3.20. The fourth-order valence-corrected chi connectivity index (χ4v) is 7.62. The average molecular weight is 523 g/mol. The summed E-state index contributed by atoms with van der Waals surface area (Å²) in [5.41, 5.74) is 4.57. The lowest BCUT2D eigenvalue weighted by Gasteiger charge is -2.54. The van der Waals surface area contributed by atoms with E-state index in [0.29, 0.717) is 28.2 Å². The van der Waals surface area contributed by atoms with Gasteiger partial charge in [-0.3, -0.25) is 4.79 Å². The van der Waals surface area contributed by atoms with Crippen molar-refractivity contribution in [1.29, 1.82) is 0 Å². The summed E-state index contributed by atoms with van der Waals surface area (Å²) in [7, 11) is 0. The number of aromatic nitrogens is 1. The Kier molecular flexibility index (Phi) is 6.62. The predicted molar refractivity (Wildman–Crippen MR) is 147 cm³/mol. The van der Waals surface area contributed by atoms with Gasteiger partial charge < -0.3 is 15.2 Å². The second-order valence-electron chi connectivity index (χ2n) is 11.0. The van der Waals surface area contributed by atoms with Crippen LogP contribution in [0.4, 0.5) is 0 Å². The van der Waals surface area contributed by atoms with E-state index in [1.165, 1.54) is 32.1 Å². The van der Waals surface area contributed by atoms with Gasteiger partial charge >= 0.3 is 0 Å². The molecule has 36 heavy (non-hydrogen) atoms. The zero-order valence-corrected chi connectivity index (χ0v) is 22.2. The SMILES string of the molecule is Cc1c(C(=O)NCCNC2C3CC4CC(C3)CC2C4)cn(-c2ccc(Cl)cc2)c1-c1ccc(Cl)cc1. The van der Waals surface area contributed by atoms with Crippen molar-refractivity contribution in [1.82, 2.24) is 15.2 Å². The van der Waals surface area contributed by atoms with Crippen molar-refractivity contribution in [3.63, 3.8) is 0 Å².